The predicted molar refractivity (Wildman–Crippen MR) is 40.8 cm³/mol. The van der Waals surface area contributed by atoms with E-state index in [4.69, 9.17) is 0 Å². The molecule has 1 fully saturated rings. The molecule has 0 radical (unpaired) electrons. The molecule has 64 valence electrons. The quantitative estimate of drug-likeness (QED) is 0.612. The van der Waals surface area contributed by atoms with Gasteiger partial charge in [0.2, 0.25) is 0 Å². The highest BCUT2D eigenvalue weighted by atomic mass is 16.4. The Bertz CT molecular complexity index is 126. The summed E-state index contributed by atoms with van der Waals surface area (Å²) in [5, 5.41) is 10.1. The molecule has 0 spiro atoms. The molecule has 1 aliphatic carbocycles. The van der Waals surface area contributed by atoms with Crippen molar-refractivity contribution in [3.05, 3.63) is 0 Å². The number of carboxylic acids is 1. The van der Waals surface area contributed by atoms with Crippen molar-refractivity contribution >= 4 is 5.97 Å². The topological polar surface area (TPSA) is 40.1 Å². The van der Waals surface area contributed by atoms with Gasteiger partial charge in [0.25, 0.3) is 0 Å². The summed E-state index contributed by atoms with van der Waals surface area (Å²) >= 11 is 0. The van der Waals surface area contributed by atoms with Crippen LogP contribution in [-0.2, 0) is 4.79 Å². The van der Waals surface area contributed by atoms with Crippen LogP contribution in [0, 0.1) is 5.92 Å². The van der Waals surface area contributed by atoms with Crippen molar-refractivity contribution in [2.75, 3.05) is 0 Å². The van der Waals surface area contributed by atoms with E-state index in [9.17, 15) is 9.90 Å². The summed E-state index contributed by atoms with van der Waals surface area (Å²) in [4.78, 5) is 10.1. The standard InChI is InChI=1S/C9H16O2/c10-9(11)7-6-8-4-2-1-3-5-8/h8H,1-7H2,(H,10,11)/p-1. The van der Waals surface area contributed by atoms with Crippen LogP contribution in [0.25, 0.3) is 0 Å². The van der Waals surface area contributed by atoms with Crippen LogP contribution in [0.2, 0.25) is 0 Å². The number of carbonyl (C=O) groups is 1. The Balaban J connectivity index is 2.09. The van der Waals surface area contributed by atoms with Gasteiger partial charge in [-0.3, -0.25) is 0 Å². The van der Waals surface area contributed by atoms with E-state index in [1.165, 1.54) is 32.1 Å². The van der Waals surface area contributed by atoms with Crippen LogP contribution in [0.4, 0.5) is 0 Å². The highest BCUT2D eigenvalue weighted by Gasteiger charge is 2.12. The molecule has 0 bridgehead atoms. The molecular formula is C9H15O2-. The summed E-state index contributed by atoms with van der Waals surface area (Å²) in [6.45, 7) is 0. The van der Waals surface area contributed by atoms with Crippen molar-refractivity contribution in [3.8, 4) is 0 Å². The fraction of sp³-hybridized carbons (Fsp3) is 0.889. The van der Waals surface area contributed by atoms with Crippen molar-refractivity contribution in [3.63, 3.8) is 0 Å². The highest BCUT2D eigenvalue weighted by Crippen LogP contribution is 2.26. The van der Waals surface area contributed by atoms with Gasteiger partial charge in [0.15, 0.2) is 0 Å². The molecule has 0 N–H and O–H groups in total. The Hall–Kier alpha value is -0.530. The zero-order chi connectivity index (χ0) is 8.10. The van der Waals surface area contributed by atoms with E-state index in [1.807, 2.05) is 0 Å². The maximum Gasteiger partial charge on any atom is 0.0414 e. The molecule has 2 nitrogen and oxygen atoms in total. The minimum absolute atomic E-state index is 0.255. The first-order chi connectivity index (χ1) is 5.29. The van der Waals surface area contributed by atoms with Gasteiger partial charge in [-0.25, -0.2) is 0 Å². The average Bonchev–Trinajstić information content (AvgIpc) is 2.03. The lowest BCUT2D eigenvalue weighted by Gasteiger charge is -2.21. The molecule has 0 aliphatic heterocycles. The molecule has 0 atom stereocenters. The smallest absolute Gasteiger partial charge is 0.0414 e. The van der Waals surface area contributed by atoms with E-state index in [0.717, 1.165) is 6.42 Å². The first-order valence-corrected chi connectivity index (χ1v) is 4.49. The van der Waals surface area contributed by atoms with Gasteiger partial charge in [0, 0.05) is 5.97 Å². The van der Waals surface area contributed by atoms with Gasteiger partial charge in [-0.05, 0) is 18.8 Å². The van der Waals surface area contributed by atoms with Crippen LogP contribution < -0.4 is 5.11 Å². The Morgan fingerprint density at radius 2 is 1.91 bits per heavy atom. The summed E-state index contributed by atoms with van der Waals surface area (Å²) in [6, 6.07) is 0. The molecule has 0 unspecified atom stereocenters. The zero-order valence-corrected chi connectivity index (χ0v) is 6.84. The first-order valence-electron chi connectivity index (χ1n) is 4.49. The van der Waals surface area contributed by atoms with Crippen molar-refractivity contribution < 1.29 is 9.90 Å². The van der Waals surface area contributed by atoms with E-state index < -0.39 is 5.97 Å². The molecule has 0 saturated heterocycles. The van der Waals surface area contributed by atoms with E-state index >= 15 is 0 Å². The number of hydrogen-bond acceptors (Lipinski definition) is 2. The third kappa shape index (κ3) is 3.40. The van der Waals surface area contributed by atoms with Crippen LogP contribution in [0.3, 0.4) is 0 Å². The van der Waals surface area contributed by atoms with E-state index in [2.05, 4.69) is 0 Å². The van der Waals surface area contributed by atoms with Crippen molar-refractivity contribution in [1.82, 2.24) is 0 Å². The number of carbonyl (C=O) groups excluding carboxylic acids is 1. The lowest BCUT2D eigenvalue weighted by molar-refractivity contribution is -0.306. The second-order valence-electron chi connectivity index (χ2n) is 3.41. The van der Waals surface area contributed by atoms with Crippen molar-refractivity contribution in [2.45, 2.75) is 44.9 Å². The van der Waals surface area contributed by atoms with Gasteiger partial charge in [0.05, 0.1) is 0 Å². The molecule has 0 aromatic rings. The second-order valence-corrected chi connectivity index (χ2v) is 3.41. The molecule has 1 aliphatic rings. The van der Waals surface area contributed by atoms with Gasteiger partial charge in [-0.15, -0.1) is 0 Å². The maximum absolute atomic E-state index is 10.1. The SMILES string of the molecule is O=C([O-])CCC1CCCCC1. The maximum atomic E-state index is 10.1. The summed E-state index contributed by atoms with van der Waals surface area (Å²) in [7, 11) is 0. The van der Waals surface area contributed by atoms with Crippen LogP contribution in [0.15, 0.2) is 0 Å². The zero-order valence-electron chi connectivity index (χ0n) is 6.84. The summed E-state index contributed by atoms with van der Waals surface area (Å²) in [5.41, 5.74) is 0. The van der Waals surface area contributed by atoms with Crippen LogP contribution in [0.1, 0.15) is 44.9 Å². The Kier molecular flexibility index (Phi) is 3.40. The molecular weight excluding hydrogens is 140 g/mol. The van der Waals surface area contributed by atoms with Crippen molar-refractivity contribution in [2.24, 2.45) is 5.92 Å². The van der Waals surface area contributed by atoms with Gasteiger partial charge in [-0.2, -0.15) is 0 Å². The molecule has 0 heterocycles. The minimum Gasteiger partial charge on any atom is -0.550 e. The molecule has 0 aromatic carbocycles. The fourth-order valence-electron chi connectivity index (χ4n) is 1.80. The van der Waals surface area contributed by atoms with Crippen LogP contribution in [-0.4, -0.2) is 5.97 Å². The van der Waals surface area contributed by atoms with Gasteiger partial charge in [0.1, 0.15) is 0 Å². The van der Waals surface area contributed by atoms with Crippen molar-refractivity contribution in [1.29, 1.82) is 0 Å². The Labute approximate surface area is 67.6 Å². The van der Waals surface area contributed by atoms with Crippen LogP contribution >= 0.6 is 0 Å². The monoisotopic (exact) mass is 155 g/mol. The third-order valence-corrected chi connectivity index (χ3v) is 2.48. The van der Waals surface area contributed by atoms with E-state index in [1.54, 1.807) is 0 Å². The van der Waals surface area contributed by atoms with Gasteiger partial charge >= 0.3 is 0 Å². The lowest BCUT2D eigenvalue weighted by Crippen LogP contribution is -2.23. The van der Waals surface area contributed by atoms with E-state index in [0.29, 0.717) is 5.92 Å². The number of rotatable bonds is 3. The van der Waals surface area contributed by atoms with Crippen LogP contribution in [0.5, 0.6) is 0 Å². The first kappa shape index (κ1) is 8.57. The third-order valence-electron chi connectivity index (χ3n) is 2.48. The normalized spacial score (nSPS) is 20.0. The fourth-order valence-corrected chi connectivity index (χ4v) is 1.80. The second kappa shape index (κ2) is 4.37. The average molecular weight is 155 g/mol. The largest absolute Gasteiger partial charge is 0.550 e. The summed E-state index contributed by atoms with van der Waals surface area (Å²) < 4.78 is 0. The molecule has 0 aromatic heterocycles. The summed E-state index contributed by atoms with van der Waals surface area (Å²) in [5.74, 6) is -0.225. The lowest BCUT2D eigenvalue weighted by atomic mass is 9.86. The Morgan fingerprint density at radius 1 is 1.27 bits per heavy atom. The number of carboxylic acid groups (broad SMARTS) is 1. The highest BCUT2D eigenvalue weighted by molar-refractivity contribution is 5.64. The van der Waals surface area contributed by atoms with Gasteiger partial charge in [-0.1, -0.05) is 32.1 Å². The molecule has 0 amide bonds. The molecule has 11 heavy (non-hydrogen) atoms. The number of hydrogen-bond donors (Lipinski definition) is 0. The molecule has 1 rings (SSSR count). The summed E-state index contributed by atoms with van der Waals surface area (Å²) in [6.07, 6.45) is 7.46. The number of aliphatic carboxylic acids is 1. The molecule has 2 heteroatoms. The van der Waals surface area contributed by atoms with Gasteiger partial charge < -0.3 is 9.90 Å². The molecule has 1 saturated carbocycles. The minimum atomic E-state index is -0.893. The Morgan fingerprint density at radius 3 is 2.45 bits per heavy atom. The van der Waals surface area contributed by atoms with E-state index in [-0.39, 0.29) is 6.42 Å². The predicted octanol–water partition coefficient (Wildman–Crippen LogP) is 1.10.